The SMILES string of the molecule is O=[N+]([O-])c1ccc(-c2cnn(-c3ccccn3)c2)cc1. The number of nitro benzene ring substituents is 1. The minimum Gasteiger partial charge on any atom is -0.258 e. The van der Waals surface area contributed by atoms with Gasteiger partial charge in [-0.25, -0.2) is 9.67 Å². The Balaban J connectivity index is 1.92. The predicted octanol–water partition coefficient (Wildman–Crippen LogP) is 2.84. The number of pyridine rings is 1. The van der Waals surface area contributed by atoms with E-state index < -0.39 is 4.92 Å². The fraction of sp³-hybridized carbons (Fsp3) is 0. The zero-order chi connectivity index (χ0) is 13.9. The van der Waals surface area contributed by atoms with Crippen LogP contribution in [0.3, 0.4) is 0 Å². The van der Waals surface area contributed by atoms with E-state index in [0.717, 1.165) is 16.9 Å². The van der Waals surface area contributed by atoms with Crippen molar-refractivity contribution in [2.45, 2.75) is 0 Å². The Morgan fingerprint density at radius 3 is 2.50 bits per heavy atom. The van der Waals surface area contributed by atoms with Crippen molar-refractivity contribution in [1.29, 1.82) is 0 Å². The molecule has 6 nitrogen and oxygen atoms in total. The van der Waals surface area contributed by atoms with E-state index in [4.69, 9.17) is 0 Å². The lowest BCUT2D eigenvalue weighted by Gasteiger charge is -1.98. The quantitative estimate of drug-likeness (QED) is 0.539. The molecule has 0 radical (unpaired) electrons. The molecule has 20 heavy (non-hydrogen) atoms. The van der Waals surface area contributed by atoms with Crippen LogP contribution < -0.4 is 0 Å². The van der Waals surface area contributed by atoms with Crippen molar-refractivity contribution in [1.82, 2.24) is 14.8 Å². The van der Waals surface area contributed by atoms with Gasteiger partial charge in [0, 0.05) is 30.1 Å². The average Bonchev–Trinajstić information content (AvgIpc) is 2.98. The monoisotopic (exact) mass is 266 g/mol. The lowest BCUT2D eigenvalue weighted by molar-refractivity contribution is -0.384. The highest BCUT2D eigenvalue weighted by Gasteiger charge is 2.07. The first-order valence-corrected chi connectivity index (χ1v) is 5.95. The second-order valence-corrected chi connectivity index (χ2v) is 4.17. The lowest BCUT2D eigenvalue weighted by atomic mass is 10.1. The summed E-state index contributed by atoms with van der Waals surface area (Å²) in [5, 5.41) is 14.9. The van der Waals surface area contributed by atoms with Gasteiger partial charge in [-0.3, -0.25) is 10.1 Å². The molecule has 0 spiro atoms. The van der Waals surface area contributed by atoms with Gasteiger partial charge in [0.1, 0.15) is 0 Å². The van der Waals surface area contributed by atoms with E-state index in [0.29, 0.717) is 0 Å². The van der Waals surface area contributed by atoms with Crippen molar-refractivity contribution in [2.24, 2.45) is 0 Å². The third-order valence-corrected chi connectivity index (χ3v) is 2.88. The molecule has 0 saturated heterocycles. The highest BCUT2D eigenvalue weighted by Crippen LogP contribution is 2.22. The first-order chi connectivity index (χ1) is 9.74. The number of hydrogen-bond acceptors (Lipinski definition) is 4. The van der Waals surface area contributed by atoms with Crippen LogP contribution in [0.15, 0.2) is 61.1 Å². The maximum atomic E-state index is 10.6. The van der Waals surface area contributed by atoms with Gasteiger partial charge in [-0.15, -0.1) is 0 Å². The third-order valence-electron chi connectivity index (χ3n) is 2.88. The molecule has 2 aromatic heterocycles. The standard InChI is InChI=1S/C14H10N4O2/c19-18(20)13-6-4-11(5-7-13)12-9-16-17(10-12)14-3-1-2-8-15-14/h1-10H. The van der Waals surface area contributed by atoms with Gasteiger partial charge in [0.15, 0.2) is 5.82 Å². The second-order valence-electron chi connectivity index (χ2n) is 4.17. The van der Waals surface area contributed by atoms with Crippen LogP contribution in [0, 0.1) is 10.1 Å². The van der Waals surface area contributed by atoms with Crippen molar-refractivity contribution < 1.29 is 4.92 Å². The van der Waals surface area contributed by atoms with Gasteiger partial charge in [-0.1, -0.05) is 6.07 Å². The fourth-order valence-corrected chi connectivity index (χ4v) is 1.86. The predicted molar refractivity (Wildman–Crippen MR) is 73.4 cm³/mol. The highest BCUT2D eigenvalue weighted by molar-refractivity contribution is 5.63. The lowest BCUT2D eigenvalue weighted by Crippen LogP contribution is -1.95. The summed E-state index contributed by atoms with van der Waals surface area (Å²) in [5.74, 6) is 0.723. The Morgan fingerprint density at radius 1 is 1.05 bits per heavy atom. The molecule has 3 rings (SSSR count). The summed E-state index contributed by atoms with van der Waals surface area (Å²) in [7, 11) is 0. The van der Waals surface area contributed by atoms with E-state index in [2.05, 4.69) is 10.1 Å². The minimum atomic E-state index is -0.416. The van der Waals surface area contributed by atoms with Crippen LogP contribution in [0.1, 0.15) is 0 Å². The van der Waals surface area contributed by atoms with E-state index in [1.54, 1.807) is 29.2 Å². The van der Waals surface area contributed by atoms with Gasteiger partial charge in [-0.2, -0.15) is 5.10 Å². The van der Waals surface area contributed by atoms with Gasteiger partial charge < -0.3 is 0 Å². The first kappa shape index (κ1) is 12.0. The highest BCUT2D eigenvalue weighted by atomic mass is 16.6. The van der Waals surface area contributed by atoms with E-state index in [-0.39, 0.29) is 5.69 Å². The second kappa shape index (κ2) is 4.93. The van der Waals surface area contributed by atoms with Gasteiger partial charge >= 0.3 is 0 Å². The van der Waals surface area contributed by atoms with E-state index >= 15 is 0 Å². The van der Waals surface area contributed by atoms with E-state index in [1.807, 2.05) is 24.4 Å². The van der Waals surface area contributed by atoms with Crippen molar-refractivity contribution in [2.75, 3.05) is 0 Å². The zero-order valence-electron chi connectivity index (χ0n) is 10.4. The zero-order valence-corrected chi connectivity index (χ0v) is 10.4. The molecular formula is C14H10N4O2. The van der Waals surface area contributed by atoms with E-state index in [1.165, 1.54) is 12.1 Å². The fourth-order valence-electron chi connectivity index (χ4n) is 1.86. The van der Waals surface area contributed by atoms with Crippen LogP contribution in [-0.4, -0.2) is 19.7 Å². The number of rotatable bonds is 3. The molecule has 0 aliphatic heterocycles. The van der Waals surface area contributed by atoms with Gasteiger partial charge in [0.25, 0.3) is 5.69 Å². The molecule has 0 fully saturated rings. The Labute approximate surface area is 114 Å². The Hall–Kier alpha value is -3.02. The molecule has 3 aromatic rings. The number of nitro groups is 1. The number of benzene rings is 1. The van der Waals surface area contributed by atoms with Crippen molar-refractivity contribution >= 4 is 5.69 Å². The number of hydrogen-bond donors (Lipinski definition) is 0. The molecular weight excluding hydrogens is 256 g/mol. The van der Waals surface area contributed by atoms with Gasteiger partial charge in [0.2, 0.25) is 0 Å². The average molecular weight is 266 g/mol. The molecule has 0 saturated carbocycles. The molecule has 0 bridgehead atoms. The summed E-state index contributed by atoms with van der Waals surface area (Å²) in [6, 6.07) is 11.9. The molecule has 0 unspecified atom stereocenters. The molecule has 0 aliphatic rings. The van der Waals surface area contributed by atoms with Crippen LogP contribution in [0.5, 0.6) is 0 Å². The smallest absolute Gasteiger partial charge is 0.258 e. The molecule has 6 heteroatoms. The largest absolute Gasteiger partial charge is 0.269 e. The Morgan fingerprint density at radius 2 is 1.85 bits per heavy atom. The Bertz CT molecular complexity index is 735. The maximum Gasteiger partial charge on any atom is 0.269 e. The van der Waals surface area contributed by atoms with Crippen LogP contribution in [0.2, 0.25) is 0 Å². The van der Waals surface area contributed by atoms with E-state index in [9.17, 15) is 10.1 Å². The topological polar surface area (TPSA) is 73.8 Å². The summed E-state index contributed by atoms with van der Waals surface area (Å²) in [6.07, 6.45) is 5.24. The van der Waals surface area contributed by atoms with Crippen LogP contribution >= 0.6 is 0 Å². The summed E-state index contributed by atoms with van der Waals surface area (Å²) < 4.78 is 1.66. The van der Waals surface area contributed by atoms with Crippen LogP contribution in [0.4, 0.5) is 5.69 Å². The molecule has 2 heterocycles. The van der Waals surface area contributed by atoms with Crippen molar-refractivity contribution in [3.05, 3.63) is 71.2 Å². The number of nitrogens with zero attached hydrogens (tertiary/aromatic N) is 4. The molecule has 98 valence electrons. The normalized spacial score (nSPS) is 10.4. The first-order valence-electron chi connectivity index (χ1n) is 5.95. The molecule has 0 N–H and O–H groups in total. The Kier molecular flexibility index (Phi) is 2.96. The van der Waals surface area contributed by atoms with Crippen molar-refractivity contribution in [3.8, 4) is 16.9 Å². The summed E-state index contributed by atoms with van der Waals surface area (Å²) >= 11 is 0. The molecule has 1 aromatic carbocycles. The van der Waals surface area contributed by atoms with Crippen LogP contribution in [0.25, 0.3) is 16.9 Å². The summed E-state index contributed by atoms with van der Waals surface area (Å²) in [4.78, 5) is 14.4. The van der Waals surface area contributed by atoms with Gasteiger partial charge in [-0.05, 0) is 29.8 Å². The maximum absolute atomic E-state index is 10.6. The molecule has 0 aliphatic carbocycles. The number of non-ortho nitro benzene ring substituents is 1. The summed E-state index contributed by atoms with van der Waals surface area (Å²) in [6.45, 7) is 0. The molecule has 0 amide bonds. The minimum absolute atomic E-state index is 0.0749. The number of aromatic nitrogens is 3. The summed E-state index contributed by atoms with van der Waals surface area (Å²) in [5.41, 5.74) is 1.83. The third kappa shape index (κ3) is 2.26. The van der Waals surface area contributed by atoms with Crippen molar-refractivity contribution in [3.63, 3.8) is 0 Å². The van der Waals surface area contributed by atoms with Crippen LogP contribution in [-0.2, 0) is 0 Å². The van der Waals surface area contributed by atoms with Gasteiger partial charge in [0.05, 0.1) is 11.1 Å². The molecule has 0 atom stereocenters.